The van der Waals surface area contributed by atoms with Crippen LogP contribution in [0, 0.1) is 36.8 Å². The molecule has 6 nitrogen and oxygen atoms in total. The molecule has 2 heterocycles. The van der Waals surface area contributed by atoms with Crippen LogP contribution in [-0.4, -0.2) is 20.8 Å². The van der Waals surface area contributed by atoms with E-state index in [-0.39, 0.29) is 12.2 Å². The van der Waals surface area contributed by atoms with Gasteiger partial charge in [0.05, 0.1) is 17.3 Å². The highest BCUT2D eigenvalue weighted by Crippen LogP contribution is 2.32. The van der Waals surface area contributed by atoms with Gasteiger partial charge in [0.15, 0.2) is 11.4 Å². The first-order chi connectivity index (χ1) is 14.3. The van der Waals surface area contributed by atoms with Crippen LogP contribution in [-0.2, 0) is 6.61 Å². The van der Waals surface area contributed by atoms with Gasteiger partial charge in [0, 0.05) is 6.20 Å². The van der Waals surface area contributed by atoms with E-state index in [1.165, 1.54) is 18.2 Å². The van der Waals surface area contributed by atoms with Crippen molar-refractivity contribution in [3.8, 4) is 11.8 Å². The van der Waals surface area contributed by atoms with Crippen molar-refractivity contribution in [2.75, 3.05) is 0 Å². The molecular formula is C22H20F2N4O2. The number of nitrogens with zero attached hydrogens (tertiary/aromatic N) is 3. The van der Waals surface area contributed by atoms with E-state index >= 15 is 0 Å². The Morgan fingerprint density at radius 2 is 2.03 bits per heavy atom. The van der Waals surface area contributed by atoms with Crippen LogP contribution in [0.4, 0.5) is 8.78 Å². The van der Waals surface area contributed by atoms with Crippen molar-refractivity contribution in [1.29, 1.82) is 5.26 Å². The molecule has 1 saturated carbocycles. The molecule has 0 unspecified atom stereocenters. The molecule has 0 aliphatic heterocycles. The summed E-state index contributed by atoms with van der Waals surface area (Å²) in [7, 11) is 0. The number of aromatic nitrogens is 2. The molecule has 154 valence electrons. The summed E-state index contributed by atoms with van der Waals surface area (Å²) in [6.45, 7) is 3.19. The molecule has 0 saturated heterocycles. The van der Waals surface area contributed by atoms with Crippen LogP contribution in [0.25, 0.3) is 5.65 Å². The number of nitrogens with one attached hydrogen (secondary N) is 1. The van der Waals surface area contributed by atoms with E-state index in [9.17, 15) is 18.8 Å². The Labute approximate surface area is 172 Å². The van der Waals surface area contributed by atoms with Crippen LogP contribution in [0.3, 0.4) is 0 Å². The molecule has 2 aromatic heterocycles. The first-order valence-electron chi connectivity index (χ1n) is 9.62. The largest absolute Gasteiger partial charge is 0.485 e. The topological polar surface area (TPSA) is 79.4 Å². The summed E-state index contributed by atoms with van der Waals surface area (Å²) >= 11 is 0. The normalized spacial score (nSPS) is 14.8. The maximum absolute atomic E-state index is 13.9. The monoisotopic (exact) mass is 410 g/mol. The fraction of sp³-hybridized carbons (Fsp3) is 0.318. The lowest BCUT2D eigenvalue weighted by molar-refractivity contribution is 0.0874. The predicted molar refractivity (Wildman–Crippen MR) is 105 cm³/mol. The van der Waals surface area contributed by atoms with Crippen molar-refractivity contribution in [2.24, 2.45) is 0 Å². The standard InChI is InChI=1S/C22H20F2N4O2/c1-13-9-18(30-11-15-16(23)5-3-6-17(15)24)20-26-14(2)19(28(20)10-13)21(29)27-22(12-25)7-4-8-22/h3,5-6,9-10H,4,7-8,11H2,1-2H3,(H,27,29). The van der Waals surface area contributed by atoms with Gasteiger partial charge in [0.25, 0.3) is 5.91 Å². The van der Waals surface area contributed by atoms with Crippen molar-refractivity contribution in [3.63, 3.8) is 0 Å². The molecular weight excluding hydrogens is 390 g/mol. The van der Waals surface area contributed by atoms with Crippen molar-refractivity contribution in [2.45, 2.75) is 45.3 Å². The van der Waals surface area contributed by atoms with Gasteiger partial charge < -0.3 is 10.1 Å². The second kappa shape index (κ2) is 7.41. The first kappa shape index (κ1) is 19.8. The summed E-state index contributed by atoms with van der Waals surface area (Å²) in [6.07, 6.45) is 3.86. The zero-order valence-electron chi connectivity index (χ0n) is 16.6. The Kier molecular flexibility index (Phi) is 4.90. The van der Waals surface area contributed by atoms with Crippen LogP contribution in [0.15, 0.2) is 30.5 Å². The smallest absolute Gasteiger partial charge is 0.271 e. The third-order valence-electron chi connectivity index (χ3n) is 5.42. The molecule has 0 radical (unpaired) electrons. The van der Waals surface area contributed by atoms with Gasteiger partial charge in [0.2, 0.25) is 0 Å². The zero-order chi connectivity index (χ0) is 21.5. The molecule has 0 spiro atoms. The van der Waals surface area contributed by atoms with E-state index < -0.39 is 23.1 Å². The van der Waals surface area contributed by atoms with Crippen LogP contribution >= 0.6 is 0 Å². The number of imidazole rings is 1. The number of pyridine rings is 1. The van der Waals surface area contributed by atoms with Crippen LogP contribution in [0.2, 0.25) is 0 Å². The third kappa shape index (κ3) is 3.36. The van der Waals surface area contributed by atoms with E-state index in [1.807, 2.05) is 6.92 Å². The lowest BCUT2D eigenvalue weighted by atomic mass is 9.78. The molecule has 1 N–H and O–H groups in total. The molecule has 1 fully saturated rings. The maximum atomic E-state index is 13.9. The van der Waals surface area contributed by atoms with E-state index in [4.69, 9.17) is 4.74 Å². The highest BCUT2D eigenvalue weighted by atomic mass is 19.1. The lowest BCUT2D eigenvalue weighted by Crippen LogP contribution is -2.52. The van der Waals surface area contributed by atoms with Gasteiger partial charge in [0.1, 0.15) is 29.5 Å². The number of ether oxygens (including phenoxy) is 1. The SMILES string of the molecule is Cc1cc(OCc2c(F)cccc2F)c2nc(C)c(C(=O)NC3(C#N)CCC3)n2c1. The Hall–Kier alpha value is -3.47. The summed E-state index contributed by atoms with van der Waals surface area (Å²) in [5, 5.41) is 12.2. The minimum atomic E-state index is -0.834. The van der Waals surface area contributed by atoms with Gasteiger partial charge >= 0.3 is 0 Å². The predicted octanol–water partition coefficient (Wildman–Crippen LogP) is 3.98. The van der Waals surface area contributed by atoms with Gasteiger partial charge in [-0.25, -0.2) is 13.8 Å². The van der Waals surface area contributed by atoms with Crippen LogP contribution < -0.4 is 10.1 Å². The molecule has 1 aromatic carbocycles. The molecule has 3 aromatic rings. The van der Waals surface area contributed by atoms with Gasteiger partial charge in [-0.1, -0.05) is 6.07 Å². The second-order valence-electron chi connectivity index (χ2n) is 7.61. The number of benzene rings is 1. The number of carbonyl (C=O) groups excluding carboxylic acids is 1. The number of amides is 1. The number of hydrogen-bond donors (Lipinski definition) is 1. The number of rotatable bonds is 5. The quantitative estimate of drug-likeness (QED) is 0.690. The average molecular weight is 410 g/mol. The highest BCUT2D eigenvalue weighted by molar-refractivity contribution is 5.95. The van der Waals surface area contributed by atoms with Gasteiger partial charge in [-0.3, -0.25) is 9.20 Å². The Bertz CT molecular complexity index is 1170. The average Bonchev–Trinajstić information content (AvgIpc) is 3.00. The molecule has 0 atom stereocenters. The number of fused-ring (bicyclic) bond motifs is 1. The molecule has 30 heavy (non-hydrogen) atoms. The highest BCUT2D eigenvalue weighted by Gasteiger charge is 2.39. The van der Waals surface area contributed by atoms with E-state index in [0.29, 0.717) is 35.6 Å². The van der Waals surface area contributed by atoms with E-state index in [1.54, 1.807) is 23.6 Å². The van der Waals surface area contributed by atoms with E-state index in [2.05, 4.69) is 16.4 Å². The van der Waals surface area contributed by atoms with Gasteiger partial charge in [-0.05, 0) is 56.9 Å². The van der Waals surface area contributed by atoms with Crippen molar-refractivity contribution in [1.82, 2.24) is 14.7 Å². The molecule has 1 aliphatic rings. The van der Waals surface area contributed by atoms with Crippen molar-refractivity contribution < 1.29 is 18.3 Å². The number of hydrogen-bond acceptors (Lipinski definition) is 4. The number of nitriles is 1. The Balaban J connectivity index is 1.69. The minimum absolute atomic E-state index is 0.181. The molecule has 1 amide bonds. The molecule has 0 bridgehead atoms. The summed E-state index contributed by atoms with van der Waals surface area (Å²) in [5.74, 6) is -1.47. The summed E-state index contributed by atoms with van der Waals surface area (Å²) < 4.78 is 35.2. The minimum Gasteiger partial charge on any atom is -0.485 e. The van der Waals surface area contributed by atoms with Crippen LogP contribution in [0.5, 0.6) is 5.75 Å². The number of aryl methyl sites for hydroxylation is 2. The molecule has 8 heteroatoms. The lowest BCUT2D eigenvalue weighted by Gasteiger charge is -2.35. The summed E-state index contributed by atoms with van der Waals surface area (Å²) in [5.41, 5.74) is 0.888. The molecule has 4 rings (SSSR count). The summed E-state index contributed by atoms with van der Waals surface area (Å²) in [4.78, 5) is 17.4. The first-order valence-corrected chi connectivity index (χ1v) is 9.62. The Morgan fingerprint density at radius 3 is 2.63 bits per heavy atom. The summed E-state index contributed by atoms with van der Waals surface area (Å²) in [6, 6.07) is 7.51. The third-order valence-corrected chi connectivity index (χ3v) is 5.42. The van der Waals surface area contributed by atoms with Gasteiger partial charge in [-0.15, -0.1) is 0 Å². The van der Waals surface area contributed by atoms with Gasteiger partial charge in [-0.2, -0.15) is 5.26 Å². The van der Waals surface area contributed by atoms with E-state index in [0.717, 1.165) is 12.0 Å². The van der Waals surface area contributed by atoms with Crippen LogP contribution in [0.1, 0.15) is 46.6 Å². The maximum Gasteiger partial charge on any atom is 0.271 e. The fourth-order valence-corrected chi connectivity index (χ4v) is 3.63. The number of carbonyl (C=O) groups is 1. The van der Waals surface area contributed by atoms with Crippen molar-refractivity contribution in [3.05, 3.63) is 64.6 Å². The Morgan fingerprint density at radius 1 is 1.33 bits per heavy atom. The zero-order valence-corrected chi connectivity index (χ0v) is 16.6. The fourth-order valence-electron chi connectivity index (χ4n) is 3.63. The second-order valence-corrected chi connectivity index (χ2v) is 7.61. The molecule has 1 aliphatic carbocycles. The number of halogens is 2. The van der Waals surface area contributed by atoms with Crippen molar-refractivity contribution >= 4 is 11.6 Å².